The third-order valence-electron chi connectivity index (χ3n) is 3.55. The molecule has 0 atom stereocenters. The summed E-state index contributed by atoms with van der Waals surface area (Å²) in [5.74, 6) is -0.0652. The van der Waals surface area contributed by atoms with Gasteiger partial charge < -0.3 is 11.1 Å². The number of hydrogen-bond acceptors (Lipinski definition) is 5. The Balaban J connectivity index is 1.62. The number of aromatic nitrogens is 2. The molecule has 0 aliphatic carbocycles. The molecular weight excluding hydrogens is 320 g/mol. The number of thiazole rings is 1. The van der Waals surface area contributed by atoms with Crippen LogP contribution in [0.5, 0.6) is 0 Å². The van der Waals surface area contributed by atoms with E-state index in [9.17, 15) is 4.79 Å². The van der Waals surface area contributed by atoms with E-state index in [4.69, 9.17) is 5.73 Å². The van der Waals surface area contributed by atoms with Gasteiger partial charge in [0.15, 0.2) is 0 Å². The molecule has 0 unspecified atom stereocenters. The van der Waals surface area contributed by atoms with Crippen LogP contribution in [0, 0.1) is 0 Å². The summed E-state index contributed by atoms with van der Waals surface area (Å²) >= 11 is 1.53. The quantitative estimate of drug-likeness (QED) is 0.724. The number of carbonyl (C=O) groups excluding carboxylic acids is 1. The first-order chi connectivity index (χ1) is 11.8. The standard InChI is InChI=1S/C18H18N4OS/c19-10-13-5-1-2-7-16(13)18-22-15(12-24-18)9-17(23)21-11-14-6-3-4-8-20-14/h1-8,12H,9-11,19H2,(H,21,23). The number of hydrogen-bond donors (Lipinski definition) is 2. The van der Waals surface area contributed by atoms with Crippen molar-refractivity contribution in [3.05, 3.63) is 71.0 Å². The zero-order valence-electron chi connectivity index (χ0n) is 13.1. The van der Waals surface area contributed by atoms with Gasteiger partial charge >= 0.3 is 0 Å². The maximum atomic E-state index is 12.1. The zero-order valence-corrected chi connectivity index (χ0v) is 13.9. The highest BCUT2D eigenvalue weighted by Gasteiger charge is 2.11. The van der Waals surface area contributed by atoms with Gasteiger partial charge in [0.05, 0.1) is 24.4 Å². The van der Waals surface area contributed by atoms with Gasteiger partial charge in [-0.25, -0.2) is 4.98 Å². The molecule has 6 heteroatoms. The molecule has 24 heavy (non-hydrogen) atoms. The van der Waals surface area contributed by atoms with Gasteiger partial charge in [0.2, 0.25) is 5.91 Å². The second-order valence-corrected chi connectivity index (χ2v) is 6.14. The van der Waals surface area contributed by atoms with Crippen LogP contribution < -0.4 is 11.1 Å². The van der Waals surface area contributed by atoms with Crippen LogP contribution in [0.4, 0.5) is 0 Å². The Morgan fingerprint density at radius 1 is 1.12 bits per heavy atom. The van der Waals surface area contributed by atoms with Gasteiger partial charge in [-0.1, -0.05) is 30.3 Å². The second-order valence-electron chi connectivity index (χ2n) is 5.28. The molecule has 3 aromatic rings. The number of rotatable bonds is 6. The van der Waals surface area contributed by atoms with E-state index < -0.39 is 0 Å². The molecule has 5 nitrogen and oxygen atoms in total. The molecule has 1 aromatic carbocycles. The fraction of sp³-hybridized carbons (Fsp3) is 0.167. The van der Waals surface area contributed by atoms with E-state index in [1.54, 1.807) is 6.20 Å². The number of nitrogens with two attached hydrogens (primary N) is 1. The van der Waals surface area contributed by atoms with E-state index in [1.807, 2.05) is 47.8 Å². The summed E-state index contributed by atoms with van der Waals surface area (Å²) in [5, 5.41) is 5.67. The average molecular weight is 338 g/mol. The molecule has 1 amide bonds. The van der Waals surface area contributed by atoms with Crippen molar-refractivity contribution >= 4 is 17.2 Å². The monoisotopic (exact) mass is 338 g/mol. The SMILES string of the molecule is NCc1ccccc1-c1nc(CC(=O)NCc2ccccn2)cs1. The molecule has 0 bridgehead atoms. The maximum absolute atomic E-state index is 12.1. The van der Waals surface area contributed by atoms with E-state index in [0.29, 0.717) is 13.1 Å². The first-order valence-electron chi connectivity index (χ1n) is 7.65. The topological polar surface area (TPSA) is 80.9 Å². The van der Waals surface area contributed by atoms with Crippen molar-refractivity contribution in [3.63, 3.8) is 0 Å². The minimum absolute atomic E-state index is 0.0652. The molecule has 3 N–H and O–H groups in total. The number of benzene rings is 1. The molecule has 0 fully saturated rings. The normalized spacial score (nSPS) is 10.5. The number of amides is 1. The number of pyridine rings is 1. The van der Waals surface area contributed by atoms with Crippen molar-refractivity contribution in [2.75, 3.05) is 0 Å². The van der Waals surface area contributed by atoms with Crippen molar-refractivity contribution in [1.82, 2.24) is 15.3 Å². The van der Waals surface area contributed by atoms with Crippen molar-refractivity contribution in [2.45, 2.75) is 19.5 Å². The third kappa shape index (κ3) is 4.04. The minimum atomic E-state index is -0.0652. The summed E-state index contributed by atoms with van der Waals surface area (Å²) in [6.07, 6.45) is 1.97. The molecule has 0 saturated heterocycles. The van der Waals surface area contributed by atoms with Crippen LogP contribution in [0.15, 0.2) is 54.0 Å². The van der Waals surface area contributed by atoms with E-state index in [0.717, 1.165) is 27.5 Å². The molecule has 2 heterocycles. The average Bonchev–Trinajstić information content (AvgIpc) is 3.09. The smallest absolute Gasteiger partial charge is 0.226 e. The molecule has 0 radical (unpaired) electrons. The fourth-order valence-corrected chi connectivity index (χ4v) is 3.22. The van der Waals surface area contributed by atoms with Crippen LogP contribution in [0.1, 0.15) is 17.0 Å². The number of carbonyl (C=O) groups is 1. The van der Waals surface area contributed by atoms with E-state index >= 15 is 0 Å². The predicted octanol–water partition coefficient (Wildman–Crippen LogP) is 2.52. The van der Waals surface area contributed by atoms with Crippen LogP contribution in [-0.4, -0.2) is 15.9 Å². The molecule has 0 aliphatic heterocycles. The van der Waals surface area contributed by atoms with Gasteiger partial charge in [-0.05, 0) is 17.7 Å². The highest BCUT2D eigenvalue weighted by atomic mass is 32.1. The highest BCUT2D eigenvalue weighted by Crippen LogP contribution is 2.27. The molecule has 0 aliphatic rings. The Morgan fingerprint density at radius 2 is 1.96 bits per heavy atom. The predicted molar refractivity (Wildman–Crippen MR) is 95.2 cm³/mol. The Labute approximate surface area is 144 Å². The van der Waals surface area contributed by atoms with Crippen molar-refractivity contribution in [3.8, 4) is 10.6 Å². The number of nitrogens with zero attached hydrogens (tertiary/aromatic N) is 2. The van der Waals surface area contributed by atoms with Crippen molar-refractivity contribution in [2.24, 2.45) is 5.73 Å². The van der Waals surface area contributed by atoms with Gasteiger partial charge in [-0.15, -0.1) is 11.3 Å². The van der Waals surface area contributed by atoms with Crippen LogP contribution in [0.25, 0.3) is 10.6 Å². The lowest BCUT2D eigenvalue weighted by Gasteiger charge is -2.04. The maximum Gasteiger partial charge on any atom is 0.226 e. The first-order valence-corrected chi connectivity index (χ1v) is 8.53. The van der Waals surface area contributed by atoms with Gasteiger partial charge in [-0.2, -0.15) is 0 Å². The summed E-state index contributed by atoms with van der Waals surface area (Å²) in [4.78, 5) is 20.8. The summed E-state index contributed by atoms with van der Waals surface area (Å²) < 4.78 is 0. The lowest BCUT2D eigenvalue weighted by atomic mass is 10.1. The van der Waals surface area contributed by atoms with Crippen LogP contribution >= 0.6 is 11.3 Å². The summed E-state index contributed by atoms with van der Waals surface area (Å²) in [6, 6.07) is 13.6. The third-order valence-corrected chi connectivity index (χ3v) is 4.48. The molecule has 2 aromatic heterocycles. The fourth-order valence-electron chi connectivity index (χ4n) is 2.34. The molecular formula is C18H18N4OS. The Kier molecular flexibility index (Phi) is 5.30. The van der Waals surface area contributed by atoms with E-state index in [2.05, 4.69) is 15.3 Å². The molecule has 122 valence electrons. The summed E-state index contributed by atoms with van der Waals surface area (Å²) in [7, 11) is 0. The largest absolute Gasteiger partial charge is 0.350 e. The van der Waals surface area contributed by atoms with Gasteiger partial charge in [0, 0.05) is 23.7 Å². The van der Waals surface area contributed by atoms with E-state index in [1.165, 1.54) is 11.3 Å². The lowest BCUT2D eigenvalue weighted by molar-refractivity contribution is -0.120. The van der Waals surface area contributed by atoms with Crippen molar-refractivity contribution < 1.29 is 4.79 Å². The van der Waals surface area contributed by atoms with Gasteiger partial charge in [0.1, 0.15) is 5.01 Å². The van der Waals surface area contributed by atoms with Crippen molar-refractivity contribution in [1.29, 1.82) is 0 Å². The Hall–Kier alpha value is -2.57. The van der Waals surface area contributed by atoms with E-state index in [-0.39, 0.29) is 12.3 Å². The van der Waals surface area contributed by atoms with Crippen LogP contribution in [0.2, 0.25) is 0 Å². The van der Waals surface area contributed by atoms with Crippen LogP contribution in [0.3, 0.4) is 0 Å². The van der Waals surface area contributed by atoms with Gasteiger partial charge in [-0.3, -0.25) is 9.78 Å². The number of nitrogens with one attached hydrogen (secondary N) is 1. The molecule has 0 spiro atoms. The molecule has 3 rings (SSSR count). The highest BCUT2D eigenvalue weighted by molar-refractivity contribution is 7.13. The Morgan fingerprint density at radius 3 is 2.75 bits per heavy atom. The molecule has 0 saturated carbocycles. The van der Waals surface area contributed by atoms with Gasteiger partial charge in [0.25, 0.3) is 0 Å². The van der Waals surface area contributed by atoms with Crippen LogP contribution in [-0.2, 0) is 24.3 Å². The Bertz CT molecular complexity index is 817. The minimum Gasteiger partial charge on any atom is -0.350 e. The zero-order chi connectivity index (χ0) is 16.8. The second kappa shape index (κ2) is 7.81. The lowest BCUT2D eigenvalue weighted by Crippen LogP contribution is -2.25. The summed E-state index contributed by atoms with van der Waals surface area (Å²) in [5.41, 5.74) is 9.46. The summed E-state index contributed by atoms with van der Waals surface area (Å²) in [6.45, 7) is 0.891. The first kappa shape index (κ1) is 16.3.